The number of guanidine groups is 1. The van der Waals surface area contributed by atoms with Gasteiger partial charge in [-0.3, -0.25) is 19.8 Å². The first-order chi connectivity index (χ1) is 14.1. The lowest BCUT2D eigenvalue weighted by molar-refractivity contribution is -0.137. The molecular formula is C21H27N5O4. The average Bonchev–Trinajstić information content (AvgIpc) is 2.66. The Bertz CT molecular complexity index is 908. The molecule has 0 aliphatic heterocycles. The van der Waals surface area contributed by atoms with Gasteiger partial charge < -0.3 is 26.8 Å². The fourth-order valence-corrected chi connectivity index (χ4v) is 3.27. The second kappa shape index (κ2) is 9.73. The van der Waals surface area contributed by atoms with Crippen molar-refractivity contribution in [3.8, 4) is 0 Å². The smallest absolute Gasteiger partial charge is 0.303 e. The van der Waals surface area contributed by atoms with Crippen LogP contribution in [0.5, 0.6) is 0 Å². The monoisotopic (exact) mass is 413 g/mol. The summed E-state index contributed by atoms with van der Waals surface area (Å²) in [5, 5.41) is 24.3. The van der Waals surface area contributed by atoms with Crippen LogP contribution in [0, 0.1) is 11.3 Å². The molecule has 1 aromatic rings. The number of carboxylic acid groups (broad SMARTS) is 1. The highest BCUT2D eigenvalue weighted by molar-refractivity contribution is 5.98. The zero-order valence-corrected chi connectivity index (χ0v) is 17.0. The third-order valence-electron chi connectivity index (χ3n) is 4.82. The molecule has 1 aromatic carbocycles. The number of anilines is 1. The number of rotatable bonds is 8. The maximum Gasteiger partial charge on any atom is 0.303 e. The number of nitrogens with one attached hydrogen (secondary N) is 4. The van der Waals surface area contributed by atoms with Crippen molar-refractivity contribution < 1.29 is 19.5 Å². The lowest BCUT2D eigenvalue weighted by Gasteiger charge is -2.37. The van der Waals surface area contributed by atoms with Crippen molar-refractivity contribution in [2.24, 2.45) is 11.7 Å². The Labute approximate surface area is 174 Å². The van der Waals surface area contributed by atoms with Crippen molar-refractivity contribution in [1.29, 1.82) is 5.41 Å². The first-order valence-corrected chi connectivity index (χ1v) is 9.49. The molecule has 30 heavy (non-hydrogen) atoms. The number of amides is 2. The molecule has 0 saturated heterocycles. The number of hydrogen-bond acceptors (Lipinski definition) is 4. The van der Waals surface area contributed by atoms with Crippen LogP contribution in [-0.4, -0.2) is 40.9 Å². The largest absolute Gasteiger partial charge is 0.481 e. The Morgan fingerprint density at radius 2 is 2.03 bits per heavy atom. The minimum atomic E-state index is -0.891. The number of carbonyl (C=O) groups excluding carboxylic acids is 2. The maximum atomic E-state index is 12.5. The summed E-state index contributed by atoms with van der Waals surface area (Å²) in [6, 6.07) is 6.40. The van der Waals surface area contributed by atoms with Crippen LogP contribution in [0.2, 0.25) is 0 Å². The predicted molar refractivity (Wildman–Crippen MR) is 114 cm³/mol. The van der Waals surface area contributed by atoms with E-state index in [0.29, 0.717) is 17.7 Å². The molecule has 0 heterocycles. The molecule has 0 radical (unpaired) electrons. The van der Waals surface area contributed by atoms with Gasteiger partial charge in [-0.2, -0.15) is 0 Å². The van der Waals surface area contributed by atoms with Gasteiger partial charge in [-0.1, -0.05) is 29.9 Å². The van der Waals surface area contributed by atoms with E-state index in [1.165, 1.54) is 6.07 Å². The van der Waals surface area contributed by atoms with E-state index in [9.17, 15) is 14.4 Å². The molecule has 1 aliphatic carbocycles. The molecule has 0 saturated carbocycles. The number of benzene rings is 1. The summed E-state index contributed by atoms with van der Waals surface area (Å²) < 4.78 is 0. The Kier molecular flexibility index (Phi) is 7.35. The standard InChI is InChI=1S/C21H27N5O4/c1-13-8-9-21(2,15(10-13)6-7-18(28)29)26-17(27)12-24-19(30)14-4-3-5-16(11-14)25-20(22)23/h3-5,8-11,15H,6-7,12H2,1-2H3,(H,24,30)(H,26,27)(H,28,29)(H4,22,23,25). The highest BCUT2D eigenvalue weighted by atomic mass is 16.4. The molecule has 2 amide bonds. The van der Waals surface area contributed by atoms with Crippen LogP contribution in [0.25, 0.3) is 0 Å². The molecule has 160 valence electrons. The number of hydrogen-bond donors (Lipinski definition) is 6. The van der Waals surface area contributed by atoms with Gasteiger partial charge in [0.25, 0.3) is 5.91 Å². The van der Waals surface area contributed by atoms with E-state index in [-0.39, 0.29) is 30.8 Å². The molecule has 0 fully saturated rings. The Morgan fingerprint density at radius 3 is 2.70 bits per heavy atom. The normalized spacial score (nSPS) is 20.1. The van der Waals surface area contributed by atoms with Gasteiger partial charge in [0.15, 0.2) is 5.96 Å². The molecule has 7 N–H and O–H groups in total. The molecule has 2 atom stereocenters. The van der Waals surface area contributed by atoms with E-state index < -0.39 is 17.4 Å². The lowest BCUT2D eigenvalue weighted by Crippen LogP contribution is -2.53. The Hall–Kier alpha value is -3.62. The van der Waals surface area contributed by atoms with Gasteiger partial charge in [0.05, 0.1) is 12.1 Å². The molecule has 9 nitrogen and oxygen atoms in total. The van der Waals surface area contributed by atoms with Crippen molar-refractivity contribution in [3.05, 3.63) is 53.6 Å². The van der Waals surface area contributed by atoms with Crippen molar-refractivity contribution >= 4 is 29.4 Å². The molecule has 2 rings (SSSR count). The van der Waals surface area contributed by atoms with Crippen LogP contribution in [0.4, 0.5) is 5.69 Å². The van der Waals surface area contributed by atoms with E-state index in [4.69, 9.17) is 16.2 Å². The van der Waals surface area contributed by atoms with Crippen molar-refractivity contribution in [2.45, 2.75) is 32.2 Å². The van der Waals surface area contributed by atoms with E-state index >= 15 is 0 Å². The second-order valence-electron chi connectivity index (χ2n) is 7.42. The van der Waals surface area contributed by atoms with Crippen molar-refractivity contribution in [1.82, 2.24) is 10.6 Å². The summed E-state index contributed by atoms with van der Waals surface area (Å²) in [5.41, 5.74) is 6.35. The highest BCUT2D eigenvalue weighted by Gasteiger charge is 2.34. The van der Waals surface area contributed by atoms with Gasteiger partial charge in [0, 0.05) is 23.6 Å². The summed E-state index contributed by atoms with van der Waals surface area (Å²) in [5.74, 6) is -2.14. The molecule has 0 aromatic heterocycles. The number of carboxylic acids is 1. The zero-order valence-electron chi connectivity index (χ0n) is 17.0. The van der Waals surface area contributed by atoms with Gasteiger partial charge in [-0.25, -0.2) is 0 Å². The predicted octanol–water partition coefficient (Wildman–Crippen LogP) is 1.59. The van der Waals surface area contributed by atoms with E-state index in [2.05, 4.69) is 16.0 Å². The Morgan fingerprint density at radius 1 is 1.30 bits per heavy atom. The maximum absolute atomic E-state index is 12.5. The molecular weight excluding hydrogens is 386 g/mol. The topological polar surface area (TPSA) is 157 Å². The van der Waals surface area contributed by atoms with Crippen LogP contribution in [0.3, 0.4) is 0 Å². The quantitative estimate of drug-likeness (QED) is 0.281. The van der Waals surface area contributed by atoms with Gasteiger partial charge in [-0.05, 0) is 38.5 Å². The third kappa shape index (κ3) is 6.47. The van der Waals surface area contributed by atoms with E-state index in [0.717, 1.165) is 5.57 Å². The summed E-state index contributed by atoms with van der Waals surface area (Å²) in [4.78, 5) is 35.8. The zero-order chi connectivity index (χ0) is 22.3. The second-order valence-corrected chi connectivity index (χ2v) is 7.42. The summed E-state index contributed by atoms with van der Waals surface area (Å²) >= 11 is 0. The minimum absolute atomic E-state index is 0.00484. The van der Waals surface area contributed by atoms with Gasteiger partial charge in [0.2, 0.25) is 5.91 Å². The van der Waals surface area contributed by atoms with Crippen molar-refractivity contribution in [2.75, 3.05) is 11.9 Å². The minimum Gasteiger partial charge on any atom is -0.481 e. The molecule has 0 spiro atoms. The van der Waals surface area contributed by atoms with E-state index in [1.807, 2.05) is 32.1 Å². The third-order valence-corrected chi connectivity index (χ3v) is 4.82. The summed E-state index contributed by atoms with van der Waals surface area (Å²) in [6.45, 7) is 3.51. The summed E-state index contributed by atoms with van der Waals surface area (Å²) in [6.07, 6.45) is 6.07. The van der Waals surface area contributed by atoms with Crippen LogP contribution in [-0.2, 0) is 9.59 Å². The van der Waals surface area contributed by atoms with Gasteiger partial charge >= 0.3 is 5.97 Å². The van der Waals surface area contributed by atoms with Crippen LogP contribution in [0.15, 0.2) is 48.1 Å². The number of aliphatic carboxylic acids is 1. The molecule has 2 unspecified atom stereocenters. The van der Waals surface area contributed by atoms with Crippen LogP contribution in [0.1, 0.15) is 37.0 Å². The Balaban J connectivity index is 1.97. The first-order valence-electron chi connectivity index (χ1n) is 9.49. The first kappa shape index (κ1) is 22.7. The molecule has 1 aliphatic rings. The lowest BCUT2D eigenvalue weighted by atomic mass is 9.77. The van der Waals surface area contributed by atoms with Crippen LogP contribution >= 0.6 is 0 Å². The van der Waals surface area contributed by atoms with Crippen LogP contribution < -0.4 is 21.7 Å². The van der Waals surface area contributed by atoms with Gasteiger partial charge in [0.1, 0.15) is 0 Å². The molecule has 9 heteroatoms. The fraction of sp³-hybridized carbons (Fsp3) is 0.333. The number of allylic oxidation sites excluding steroid dienone is 2. The number of nitrogens with two attached hydrogens (primary N) is 1. The van der Waals surface area contributed by atoms with E-state index in [1.54, 1.807) is 18.2 Å². The average molecular weight is 413 g/mol. The van der Waals surface area contributed by atoms with Gasteiger partial charge in [-0.15, -0.1) is 0 Å². The molecule has 0 bridgehead atoms. The number of carbonyl (C=O) groups is 3. The summed E-state index contributed by atoms with van der Waals surface area (Å²) in [7, 11) is 0. The van der Waals surface area contributed by atoms with Crippen molar-refractivity contribution in [3.63, 3.8) is 0 Å². The highest BCUT2D eigenvalue weighted by Crippen LogP contribution is 2.30. The SMILES string of the molecule is CC1=CC(CCC(=O)O)C(C)(NC(=O)CNC(=O)c2cccc(NC(=N)N)c2)C=C1. The fourth-order valence-electron chi connectivity index (χ4n) is 3.27.